The van der Waals surface area contributed by atoms with E-state index >= 15 is 0 Å². The lowest BCUT2D eigenvalue weighted by Gasteiger charge is -2.16. The number of hydrogen-bond donors (Lipinski definition) is 2. The second-order valence-corrected chi connectivity index (χ2v) is 6.68. The van der Waals surface area contributed by atoms with Gasteiger partial charge in [0.25, 0.3) is 0 Å². The summed E-state index contributed by atoms with van der Waals surface area (Å²) in [6.07, 6.45) is 0.605. The van der Waals surface area contributed by atoms with Crippen LogP contribution in [0.3, 0.4) is 0 Å². The van der Waals surface area contributed by atoms with Crippen molar-refractivity contribution in [3.05, 3.63) is 57.0 Å². The summed E-state index contributed by atoms with van der Waals surface area (Å²) in [5, 5.41) is 8.57. The highest BCUT2D eigenvalue weighted by molar-refractivity contribution is 9.10. The van der Waals surface area contributed by atoms with Crippen molar-refractivity contribution in [3.8, 4) is 11.5 Å². The molecule has 6 nitrogen and oxygen atoms in total. The Morgan fingerprint density at radius 2 is 1.85 bits per heavy atom. The van der Waals surface area contributed by atoms with Crippen LogP contribution in [0, 0.1) is 0 Å². The Kier molecular flexibility index (Phi) is 7.29. The smallest absolute Gasteiger partial charge is 0.211 e. The maximum Gasteiger partial charge on any atom is 0.211 e. The topological polar surface area (TPSA) is 95.2 Å². The van der Waals surface area contributed by atoms with Crippen molar-refractivity contribution in [1.29, 1.82) is 0 Å². The van der Waals surface area contributed by atoms with Crippen molar-refractivity contribution < 1.29 is 9.47 Å². The standard InChI is InChI=1S/C18H20BrClN4O2/c1-3-15(23-24-18(21)22)14-8-12(19)9-16(25-2)17(14)26-10-11-4-6-13(20)7-5-11/h4-9H,3,10H2,1-2H3,(H4,21,22,24)/b23-15+. The normalized spacial score (nSPS) is 11.2. The average molecular weight is 440 g/mol. The number of nitrogens with two attached hydrogens (primary N) is 2. The van der Waals surface area contributed by atoms with E-state index in [9.17, 15) is 0 Å². The Morgan fingerprint density at radius 3 is 2.42 bits per heavy atom. The van der Waals surface area contributed by atoms with Gasteiger partial charge in [0.2, 0.25) is 5.96 Å². The molecule has 0 aliphatic heterocycles. The van der Waals surface area contributed by atoms with E-state index < -0.39 is 0 Å². The zero-order valence-electron chi connectivity index (χ0n) is 14.5. The highest BCUT2D eigenvalue weighted by Crippen LogP contribution is 2.36. The summed E-state index contributed by atoms with van der Waals surface area (Å²) in [6.45, 7) is 2.30. The first kappa shape index (κ1) is 20.1. The minimum Gasteiger partial charge on any atom is -0.493 e. The molecular formula is C18H20BrClN4O2. The minimum absolute atomic E-state index is 0.110. The average Bonchev–Trinajstić information content (AvgIpc) is 2.62. The maximum absolute atomic E-state index is 6.05. The van der Waals surface area contributed by atoms with Gasteiger partial charge in [-0.3, -0.25) is 0 Å². The van der Waals surface area contributed by atoms with Crippen molar-refractivity contribution in [2.24, 2.45) is 21.7 Å². The van der Waals surface area contributed by atoms with Crippen molar-refractivity contribution >= 4 is 39.2 Å². The number of methoxy groups -OCH3 is 1. The zero-order chi connectivity index (χ0) is 19.1. The monoisotopic (exact) mass is 438 g/mol. The van der Waals surface area contributed by atoms with Crippen LogP contribution in [0.2, 0.25) is 5.02 Å². The quantitative estimate of drug-likeness (QED) is 0.386. The van der Waals surface area contributed by atoms with Crippen molar-refractivity contribution in [1.82, 2.24) is 0 Å². The van der Waals surface area contributed by atoms with Gasteiger partial charge in [0.15, 0.2) is 11.5 Å². The molecule has 0 spiro atoms. The van der Waals surface area contributed by atoms with E-state index in [2.05, 4.69) is 26.1 Å². The molecule has 138 valence electrons. The molecule has 0 bridgehead atoms. The lowest BCUT2D eigenvalue weighted by atomic mass is 10.1. The summed E-state index contributed by atoms with van der Waals surface area (Å²) in [7, 11) is 1.58. The summed E-state index contributed by atoms with van der Waals surface area (Å²) in [5.74, 6) is 1.03. The van der Waals surface area contributed by atoms with Gasteiger partial charge in [-0.15, -0.1) is 5.10 Å². The molecule has 0 amide bonds. The summed E-state index contributed by atoms with van der Waals surface area (Å²) >= 11 is 9.40. The van der Waals surface area contributed by atoms with Crippen LogP contribution in [-0.4, -0.2) is 18.8 Å². The van der Waals surface area contributed by atoms with Crippen LogP contribution in [-0.2, 0) is 6.61 Å². The van der Waals surface area contributed by atoms with Crippen LogP contribution in [0.15, 0.2) is 51.1 Å². The van der Waals surface area contributed by atoms with Gasteiger partial charge < -0.3 is 20.9 Å². The Bertz CT molecular complexity index is 819. The fourth-order valence-electron chi connectivity index (χ4n) is 2.25. The Hall–Kier alpha value is -2.25. The first-order valence-corrected chi connectivity index (χ1v) is 9.02. The molecule has 26 heavy (non-hydrogen) atoms. The highest BCUT2D eigenvalue weighted by Gasteiger charge is 2.17. The van der Waals surface area contributed by atoms with Gasteiger partial charge in [0.1, 0.15) is 6.61 Å². The second kappa shape index (κ2) is 9.45. The minimum atomic E-state index is -0.110. The summed E-state index contributed by atoms with van der Waals surface area (Å²) < 4.78 is 12.4. The predicted octanol–water partition coefficient (Wildman–Crippen LogP) is 4.08. The number of benzene rings is 2. The molecular weight excluding hydrogens is 420 g/mol. The van der Waals surface area contributed by atoms with E-state index in [-0.39, 0.29) is 5.96 Å². The molecule has 0 fully saturated rings. The highest BCUT2D eigenvalue weighted by atomic mass is 79.9. The van der Waals surface area contributed by atoms with E-state index in [1.54, 1.807) is 7.11 Å². The van der Waals surface area contributed by atoms with Crippen LogP contribution >= 0.6 is 27.5 Å². The molecule has 0 saturated heterocycles. The SMILES string of the molecule is CC/C(=N\N=C(N)N)c1cc(Br)cc(OC)c1OCc1ccc(Cl)cc1. The Labute approximate surface area is 166 Å². The van der Waals surface area contributed by atoms with Crippen LogP contribution in [0.1, 0.15) is 24.5 Å². The van der Waals surface area contributed by atoms with Gasteiger partial charge in [-0.2, -0.15) is 5.10 Å². The number of ether oxygens (including phenoxy) is 2. The molecule has 0 atom stereocenters. The largest absolute Gasteiger partial charge is 0.493 e. The molecule has 2 aromatic carbocycles. The van der Waals surface area contributed by atoms with Gasteiger partial charge in [-0.1, -0.05) is 46.6 Å². The molecule has 0 aliphatic carbocycles. The molecule has 2 rings (SSSR count). The first-order chi connectivity index (χ1) is 12.4. The molecule has 0 radical (unpaired) electrons. The number of rotatable bonds is 7. The summed E-state index contributed by atoms with van der Waals surface area (Å²) in [6, 6.07) is 11.2. The first-order valence-electron chi connectivity index (χ1n) is 7.85. The predicted molar refractivity (Wildman–Crippen MR) is 109 cm³/mol. The molecule has 0 unspecified atom stereocenters. The third kappa shape index (κ3) is 5.37. The number of guanidine groups is 1. The van der Waals surface area contributed by atoms with Crippen molar-refractivity contribution in [2.45, 2.75) is 20.0 Å². The van der Waals surface area contributed by atoms with Crippen molar-refractivity contribution in [3.63, 3.8) is 0 Å². The number of hydrogen-bond acceptors (Lipinski definition) is 4. The lowest BCUT2D eigenvalue weighted by Crippen LogP contribution is -2.22. The van der Waals surface area contributed by atoms with Crippen molar-refractivity contribution in [2.75, 3.05) is 7.11 Å². The third-order valence-electron chi connectivity index (χ3n) is 3.47. The van der Waals surface area contributed by atoms with Crippen LogP contribution in [0.4, 0.5) is 0 Å². The number of nitrogens with zero attached hydrogens (tertiary/aromatic N) is 2. The van der Waals surface area contributed by atoms with E-state index in [1.807, 2.05) is 43.3 Å². The van der Waals surface area contributed by atoms with Crippen LogP contribution < -0.4 is 20.9 Å². The van der Waals surface area contributed by atoms with E-state index in [0.29, 0.717) is 35.3 Å². The van der Waals surface area contributed by atoms with E-state index in [1.165, 1.54) is 0 Å². The molecule has 0 saturated carbocycles. The van der Waals surface area contributed by atoms with E-state index in [4.69, 9.17) is 32.5 Å². The van der Waals surface area contributed by atoms with Gasteiger partial charge in [-0.05, 0) is 36.2 Å². The van der Waals surface area contributed by atoms with E-state index in [0.717, 1.165) is 15.6 Å². The number of halogens is 2. The van der Waals surface area contributed by atoms with Crippen LogP contribution in [0.25, 0.3) is 0 Å². The maximum atomic E-state index is 6.05. The molecule has 0 aromatic heterocycles. The molecule has 0 aliphatic rings. The summed E-state index contributed by atoms with van der Waals surface area (Å²) in [5.41, 5.74) is 13.2. The molecule has 8 heteroatoms. The molecule has 4 N–H and O–H groups in total. The molecule has 0 heterocycles. The van der Waals surface area contributed by atoms with Gasteiger partial charge in [0.05, 0.1) is 12.8 Å². The lowest BCUT2D eigenvalue weighted by molar-refractivity contribution is 0.284. The second-order valence-electron chi connectivity index (χ2n) is 5.32. The van der Waals surface area contributed by atoms with Gasteiger partial charge in [0, 0.05) is 15.1 Å². The third-order valence-corrected chi connectivity index (χ3v) is 4.18. The zero-order valence-corrected chi connectivity index (χ0v) is 16.8. The van der Waals surface area contributed by atoms with Gasteiger partial charge in [-0.25, -0.2) is 0 Å². The summed E-state index contributed by atoms with van der Waals surface area (Å²) in [4.78, 5) is 0. The molecule has 2 aromatic rings. The Morgan fingerprint density at radius 1 is 1.15 bits per heavy atom. The fourth-order valence-corrected chi connectivity index (χ4v) is 2.82. The Balaban J connectivity index is 2.43. The fraction of sp³-hybridized carbons (Fsp3) is 0.222. The van der Waals surface area contributed by atoms with Crippen LogP contribution in [0.5, 0.6) is 11.5 Å². The van der Waals surface area contributed by atoms with Gasteiger partial charge >= 0.3 is 0 Å².